The summed E-state index contributed by atoms with van der Waals surface area (Å²) in [5, 5.41) is 0.973. The standard InChI is InChI=1S/C21H28Cl2N2O3/c1-24(19(26)14-15-6-7-16(22)17(23)13-15)20-18(25-9-2-3-10-25)5-4-8-21(20)27-11-12-28-21/h6-7,13,18,20H,2-5,8-12,14H2,1H3. The van der Waals surface area contributed by atoms with E-state index >= 15 is 0 Å². The Morgan fingerprint density at radius 1 is 1.18 bits per heavy atom. The zero-order valence-corrected chi connectivity index (χ0v) is 17.8. The van der Waals surface area contributed by atoms with Gasteiger partial charge < -0.3 is 14.4 Å². The second kappa shape index (κ2) is 8.49. The molecular formula is C21H28Cl2N2O3. The molecule has 28 heavy (non-hydrogen) atoms. The minimum absolute atomic E-state index is 0.0490. The quantitative estimate of drug-likeness (QED) is 0.734. The third kappa shape index (κ3) is 3.92. The van der Waals surface area contributed by atoms with Crippen LogP contribution in [0.5, 0.6) is 0 Å². The van der Waals surface area contributed by atoms with Crippen molar-refractivity contribution in [3.63, 3.8) is 0 Å². The molecular weight excluding hydrogens is 399 g/mol. The van der Waals surface area contributed by atoms with Crippen molar-refractivity contribution in [2.75, 3.05) is 33.4 Å². The maximum absolute atomic E-state index is 13.2. The van der Waals surface area contributed by atoms with Crippen molar-refractivity contribution < 1.29 is 14.3 Å². The SMILES string of the molecule is CN(C(=O)Cc1ccc(Cl)c(Cl)c1)C1C(N2CCCC2)CCCC12OCCO2. The Kier molecular flexibility index (Phi) is 6.19. The molecule has 1 spiro atoms. The Hall–Kier alpha value is -0.850. The number of nitrogens with zero attached hydrogens (tertiary/aromatic N) is 2. The topological polar surface area (TPSA) is 42.0 Å². The third-order valence-corrected chi connectivity index (χ3v) is 7.12. The smallest absolute Gasteiger partial charge is 0.227 e. The number of rotatable bonds is 4. The molecule has 1 amide bonds. The van der Waals surface area contributed by atoms with Crippen LogP contribution in [0, 0.1) is 0 Å². The zero-order chi connectivity index (χ0) is 19.7. The average Bonchev–Trinajstić information content (AvgIpc) is 3.37. The van der Waals surface area contributed by atoms with E-state index in [-0.39, 0.29) is 24.4 Å². The van der Waals surface area contributed by atoms with E-state index in [0.29, 0.717) is 23.3 Å². The van der Waals surface area contributed by atoms with Crippen molar-refractivity contribution in [2.24, 2.45) is 0 Å². The highest BCUT2D eigenvalue weighted by Gasteiger charge is 2.54. The van der Waals surface area contributed by atoms with E-state index in [9.17, 15) is 4.79 Å². The van der Waals surface area contributed by atoms with Crippen molar-refractivity contribution in [3.8, 4) is 0 Å². The molecule has 1 aromatic carbocycles. The molecule has 154 valence electrons. The summed E-state index contributed by atoms with van der Waals surface area (Å²) in [7, 11) is 1.89. The predicted molar refractivity (Wildman–Crippen MR) is 110 cm³/mol. The van der Waals surface area contributed by atoms with Gasteiger partial charge in [-0.05, 0) is 56.5 Å². The van der Waals surface area contributed by atoms with E-state index in [4.69, 9.17) is 32.7 Å². The third-order valence-electron chi connectivity index (χ3n) is 6.38. The van der Waals surface area contributed by atoms with Crippen LogP contribution in [0.25, 0.3) is 0 Å². The Morgan fingerprint density at radius 3 is 2.57 bits per heavy atom. The van der Waals surface area contributed by atoms with Gasteiger partial charge in [-0.1, -0.05) is 29.3 Å². The van der Waals surface area contributed by atoms with E-state index in [1.807, 2.05) is 18.0 Å². The van der Waals surface area contributed by atoms with Crippen LogP contribution in [-0.4, -0.2) is 66.9 Å². The van der Waals surface area contributed by atoms with Gasteiger partial charge >= 0.3 is 0 Å². The summed E-state index contributed by atoms with van der Waals surface area (Å²) in [5.41, 5.74) is 0.863. The monoisotopic (exact) mass is 426 g/mol. The second-order valence-corrected chi connectivity index (χ2v) is 8.90. The normalized spacial score (nSPS) is 27.4. The molecule has 7 heteroatoms. The molecule has 0 aromatic heterocycles. The summed E-state index contributed by atoms with van der Waals surface area (Å²) in [4.78, 5) is 17.6. The van der Waals surface area contributed by atoms with Gasteiger partial charge in [0, 0.05) is 19.5 Å². The molecule has 2 aliphatic heterocycles. The van der Waals surface area contributed by atoms with E-state index in [2.05, 4.69) is 4.90 Å². The minimum Gasteiger partial charge on any atom is -0.345 e. The zero-order valence-electron chi connectivity index (χ0n) is 16.3. The van der Waals surface area contributed by atoms with Gasteiger partial charge in [-0.25, -0.2) is 0 Å². The Balaban J connectivity index is 1.57. The van der Waals surface area contributed by atoms with Crippen molar-refractivity contribution >= 4 is 29.1 Å². The largest absolute Gasteiger partial charge is 0.345 e. The first kappa shape index (κ1) is 20.4. The van der Waals surface area contributed by atoms with E-state index < -0.39 is 5.79 Å². The first-order valence-corrected chi connectivity index (χ1v) is 11.0. The maximum Gasteiger partial charge on any atom is 0.227 e. The maximum atomic E-state index is 13.2. The van der Waals surface area contributed by atoms with E-state index in [1.165, 1.54) is 12.8 Å². The minimum atomic E-state index is -0.673. The summed E-state index contributed by atoms with van der Waals surface area (Å²) in [5.74, 6) is -0.624. The van der Waals surface area contributed by atoms with Gasteiger partial charge in [0.2, 0.25) is 5.91 Å². The lowest BCUT2D eigenvalue weighted by molar-refractivity contribution is -0.229. The first-order chi connectivity index (χ1) is 13.5. The predicted octanol–water partition coefficient (Wildman–Crippen LogP) is 3.75. The lowest BCUT2D eigenvalue weighted by Crippen LogP contribution is -2.65. The van der Waals surface area contributed by atoms with E-state index in [1.54, 1.807) is 12.1 Å². The van der Waals surface area contributed by atoms with Crippen LogP contribution in [-0.2, 0) is 20.7 Å². The van der Waals surface area contributed by atoms with Crippen molar-refractivity contribution in [1.29, 1.82) is 0 Å². The number of likely N-dealkylation sites (N-methyl/N-ethyl adjacent to an activating group) is 1. The van der Waals surface area contributed by atoms with Gasteiger partial charge in [0.1, 0.15) is 6.04 Å². The number of hydrogen-bond acceptors (Lipinski definition) is 4. The van der Waals surface area contributed by atoms with Crippen LogP contribution in [0.1, 0.15) is 37.7 Å². The highest BCUT2D eigenvalue weighted by atomic mass is 35.5. The molecule has 2 unspecified atom stereocenters. The second-order valence-electron chi connectivity index (χ2n) is 8.09. The molecule has 1 aromatic rings. The summed E-state index contributed by atoms with van der Waals surface area (Å²) in [6, 6.07) is 5.54. The number of carbonyl (C=O) groups is 1. The number of ether oxygens (including phenoxy) is 2. The van der Waals surface area contributed by atoms with Crippen LogP contribution in [0.2, 0.25) is 10.0 Å². The molecule has 1 saturated carbocycles. The molecule has 4 rings (SSSR count). The van der Waals surface area contributed by atoms with Crippen molar-refractivity contribution in [2.45, 2.75) is 56.4 Å². The fourth-order valence-electron chi connectivity index (χ4n) is 5.05. The molecule has 0 radical (unpaired) electrons. The summed E-state index contributed by atoms with van der Waals surface area (Å²) in [6.45, 7) is 3.37. The number of hydrogen-bond donors (Lipinski definition) is 0. The number of carbonyl (C=O) groups excluding carboxylic acids is 1. The summed E-state index contributed by atoms with van der Waals surface area (Å²) >= 11 is 12.1. The molecule has 3 aliphatic rings. The first-order valence-electron chi connectivity index (χ1n) is 10.2. The molecule has 2 heterocycles. The van der Waals surface area contributed by atoms with Crippen LogP contribution >= 0.6 is 23.2 Å². The molecule has 0 N–H and O–H groups in total. The summed E-state index contributed by atoms with van der Waals surface area (Å²) < 4.78 is 12.3. The number of halogens is 2. The number of likely N-dealkylation sites (tertiary alicyclic amines) is 1. The highest BCUT2D eigenvalue weighted by Crippen LogP contribution is 2.41. The van der Waals surface area contributed by atoms with Crippen LogP contribution in [0.4, 0.5) is 0 Å². The van der Waals surface area contributed by atoms with Gasteiger partial charge in [-0.3, -0.25) is 9.69 Å². The van der Waals surface area contributed by atoms with Gasteiger partial charge in [0.15, 0.2) is 5.79 Å². The molecule has 5 nitrogen and oxygen atoms in total. The van der Waals surface area contributed by atoms with E-state index in [0.717, 1.165) is 37.9 Å². The molecule has 1 aliphatic carbocycles. The highest BCUT2D eigenvalue weighted by molar-refractivity contribution is 6.42. The van der Waals surface area contributed by atoms with Crippen LogP contribution in [0.15, 0.2) is 18.2 Å². The van der Waals surface area contributed by atoms with Crippen molar-refractivity contribution in [1.82, 2.24) is 9.80 Å². The van der Waals surface area contributed by atoms with Crippen LogP contribution < -0.4 is 0 Å². The average molecular weight is 427 g/mol. The number of benzene rings is 1. The molecule has 2 atom stereocenters. The van der Waals surface area contributed by atoms with Gasteiger partial charge in [0.25, 0.3) is 0 Å². The lowest BCUT2D eigenvalue weighted by Gasteiger charge is -2.50. The Morgan fingerprint density at radius 2 is 1.89 bits per heavy atom. The number of amides is 1. The van der Waals surface area contributed by atoms with Crippen molar-refractivity contribution in [3.05, 3.63) is 33.8 Å². The fourth-order valence-corrected chi connectivity index (χ4v) is 5.38. The Labute approximate surface area is 176 Å². The van der Waals surface area contributed by atoms with Gasteiger partial charge in [-0.15, -0.1) is 0 Å². The molecule has 3 fully saturated rings. The van der Waals surface area contributed by atoms with Crippen LogP contribution in [0.3, 0.4) is 0 Å². The fraction of sp³-hybridized carbons (Fsp3) is 0.667. The summed E-state index contributed by atoms with van der Waals surface area (Å²) in [6.07, 6.45) is 5.70. The molecule has 0 bridgehead atoms. The molecule has 2 saturated heterocycles. The van der Waals surface area contributed by atoms with Gasteiger partial charge in [-0.2, -0.15) is 0 Å². The lowest BCUT2D eigenvalue weighted by atomic mass is 9.82. The Bertz CT molecular complexity index is 718. The van der Waals surface area contributed by atoms with Gasteiger partial charge in [0.05, 0.1) is 29.7 Å².